The van der Waals surface area contributed by atoms with E-state index in [4.69, 9.17) is 0 Å². The Labute approximate surface area is 134 Å². The van der Waals surface area contributed by atoms with E-state index in [9.17, 15) is 8.78 Å². The maximum atomic E-state index is 13.8. The Hall–Kier alpha value is -0.920. The standard InChI is InChI=1S/C18H24F2.C2H6/c1-3-17(2,14-9-5-4-6-10-14)12-13-8-7-11-15-16(13)18(15,19)20;1-2/h4-6,9-10,13,15-16H,3,7-8,11-12H2,1-2H3;1-2H3. The van der Waals surface area contributed by atoms with Gasteiger partial charge in [-0.1, -0.05) is 64.4 Å². The van der Waals surface area contributed by atoms with Crippen LogP contribution in [0.5, 0.6) is 0 Å². The summed E-state index contributed by atoms with van der Waals surface area (Å²) in [6.45, 7) is 8.42. The molecular formula is C20H30F2. The molecule has 0 aliphatic heterocycles. The molecule has 3 rings (SSSR count). The summed E-state index contributed by atoms with van der Waals surface area (Å²) in [5.74, 6) is -2.80. The van der Waals surface area contributed by atoms with Crippen molar-refractivity contribution in [1.29, 1.82) is 0 Å². The van der Waals surface area contributed by atoms with Gasteiger partial charge < -0.3 is 0 Å². The molecule has 124 valence electrons. The maximum absolute atomic E-state index is 13.8. The van der Waals surface area contributed by atoms with E-state index in [-0.39, 0.29) is 23.2 Å². The lowest BCUT2D eigenvalue weighted by Crippen LogP contribution is -2.27. The molecule has 1 aromatic rings. The molecule has 4 atom stereocenters. The predicted molar refractivity (Wildman–Crippen MR) is 89.3 cm³/mol. The number of fused-ring (bicyclic) bond motifs is 1. The number of rotatable bonds is 4. The highest BCUT2D eigenvalue weighted by molar-refractivity contribution is 5.25. The van der Waals surface area contributed by atoms with Gasteiger partial charge in [0, 0.05) is 11.8 Å². The van der Waals surface area contributed by atoms with E-state index in [0.29, 0.717) is 0 Å². The quantitative estimate of drug-likeness (QED) is 0.599. The van der Waals surface area contributed by atoms with E-state index in [2.05, 4.69) is 38.1 Å². The summed E-state index contributed by atoms with van der Waals surface area (Å²) < 4.78 is 27.7. The minimum atomic E-state index is -2.37. The average Bonchev–Trinajstić information content (AvgIpc) is 3.13. The molecule has 2 heteroatoms. The van der Waals surface area contributed by atoms with Gasteiger partial charge in [-0.05, 0) is 42.6 Å². The Morgan fingerprint density at radius 2 is 1.77 bits per heavy atom. The Morgan fingerprint density at radius 1 is 1.14 bits per heavy atom. The summed E-state index contributed by atoms with van der Waals surface area (Å²) in [7, 11) is 0. The molecule has 0 aromatic heterocycles. The molecule has 0 bridgehead atoms. The number of hydrogen-bond donors (Lipinski definition) is 0. The van der Waals surface area contributed by atoms with Crippen LogP contribution in [0.1, 0.15) is 65.4 Å². The molecule has 0 N–H and O–H groups in total. The molecule has 0 nitrogen and oxygen atoms in total. The molecule has 2 aliphatic rings. The van der Waals surface area contributed by atoms with Crippen molar-refractivity contribution in [3.63, 3.8) is 0 Å². The summed E-state index contributed by atoms with van der Waals surface area (Å²) in [6.07, 6.45) is 4.62. The minimum absolute atomic E-state index is 0.0342. The van der Waals surface area contributed by atoms with Gasteiger partial charge in [0.2, 0.25) is 0 Å². The zero-order valence-electron chi connectivity index (χ0n) is 14.4. The molecule has 2 saturated carbocycles. The second-order valence-corrected chi connectivity index (χ2v) is 6.98. The summed E-state index contributed by atoms with van der Waals surface area (Å²) in [6, 6.07) is 10.4. The molecule has 2 fully saturated rings. The molecule has 4 unspecified atom stereocenters. The minimum Gasteiger partial charge on any atom is -0.206 e. The van der Waals surface area contributed by atoms with Crippen molar-refractivity contribution < 1.29 is 8.78 Å². The Balaban J connectivity index is 0.000000847. The Kier molecular flexibility index (Phi) is 5.29. The van der Waals surface area contributed by atoms with Crippen LogP contribution in [-0.2, 0) is 5.41 Å². The van der Waals surface area contributed by atoms with Crippen LogP contribution >= 0.6 is 0 Å². The molecule has 0 spiro atoms. The van der Waals surface area contributed by atoms with Crippen LogP contribution < -0.4 is 0 Å². The van der Waals surface area contributed by atoms with Crippen molar-refractivity contribution in [2.75, 3.05) is 0 Å². The normalized spacial score (nSPS) is 31.3. The van der Waals surface area contributed by atoms with Gasteiger partial charge in [0.1, 0.15) is 0 Å². The lowest BCUT2D eigenvalue weighted by molar-refractivity contribution is 0.0734. The summed E-state index contributed by atoms with van der Waals surface area (Å²) in [5.41, 5.74) is 1.33. The smallest absolute Gasteiger partial charge is 0.206 e. The van der Waals surface area contributed by atoms with Crippen LogP contribution in [0.15, 0.2) is 30.3 Å². The number of alkyl halides is 2. The van der Waals surface area contributed by atoms with E-state index in [1.807, 2.05) is 19.9 Å². The first-order valence-electron chi connectivity index (χ1n) is 8.92. The average molecular weight is 308 g/mol. The van der Waals surface area contributed by atoms with Gasteiger partial charge in [-0.15, -0.1) is 0 Å². The van der Waals surface area contributed by atoms with Crippen LogP contribution in [0.2, 0.25) is 0 Å². The highest BCUT2D eigenvalue weighted by atomic mass is 19.3. The molecule has 2 aliphatic carbocycles. The van der Waals surface area contributed by atoms with Gasteiger partial charge in [-0.3, -0.25) is 0 Å². The van der Waals surface area contributed by atoms with E-state index < -0.39 is 5.92 Å². The third-order valence-corrected chi connectivity index (χ3v) is 5.82. The fourth-order valence-electron chi connectivity index (χ4n) is 4.33. The van der Waals surface area contributed by atoms with Crippen LogP contribution in [-0.4, -0.2) is 5.92 Å². The fourth-order valence-corrected chi connectivity index (χ4v) is 4.33. The molecule has 0 radical (unpaired) electrons. The lowest BCUT2D eigenvalue weighted by Gasteiger charge is -2.34. The molecular weight excluding hydrogens is 278 g/mol. The second kappa shape index (κ2) is 6.68. The number of benzene rings is 1. The summed E-state index contributed by atoms with van der Waals surface area (Å²) in [4.78, 5) is 0. The highest BCUT2D eigenvalue weighted by Gasteiger charge is 2.71. The van der Waals surface area contributed by atoms with E-state index in [1.165, 1.54) is 5.56 Å². The van der Waals surface area contributed by atoms with Gasteiger partial charge in [0.15, 0.2) is 0 Å². The number of halogens is 2. The van der Waals surface area contributed by atoms with Crippen molar-refractivity contribution in [2.45, 2.75) is 71.1 Å². The number of hydrogen-bond acceptors (Lipinski definition) is 0. The first-order chi connectivity index (χ1) is 10.5. The van der Waals surface area contributed by atoms with E-state index in [0.717, 1.165) is 32.1 Å². The van der Waals surface area contributed by atoms with Gasteiger partial charge in [0.25, 0.3) is 5.92 Å². The van der Waals surface area contributed by atoms with Crippen molar-refractivity contribution in [3.8, 4) is 0 Å². The zero-order chi connectivity index (χ0) is 16.4. The highest BCUT2D eigenvalue weighted by Crippen LogP contribution is 2.66. The van der Waals surface area contributed by atoms with Crippen LogP contribution in [0.25, 0.3) is 0 Å². The predicted octanol–water partition coefficient (Wildman–Crippen LogP) is 6.45. The summed E-state index contributed by atoms with van der Waals surface area (Å²) in [5, 5.41) is 0. The zero-order valence-corrected chi connectivity index (χ0v) is 14.4. The molecule has 0 saturated heterocycles. The van der Waals surface area contributed by atoms with E-state index >= 15 is 0 Å². The Morgan fingerprint density at radius 3 is 2.36 bits per heavy atom. The second-order valence-electron chi connectivity index (χ2n) is 6.98. The van der Waals surface area contributed by atoms with Gasteiger partial charge in [-0.2, -0.15) is 0 Å². The van der Waals surface area contributed by atoms with Crippen molar-refractivity contribution in [1.82, 2.24) is 0 Å². The van der Waals surface area contributed by atoms with Crippen LogP contribution in [0.4, 0.5) is 8.78 Å². The first-order valence-corrected chi connectivity index (χ1v) is 8.92. The van der Waals surface area contributed by atoms with Gasteiger partial charge >= 0.3 is 0 Å². The van der Waals surface area contributed by atoms with Crippen LogP contribution in [0.3, 0.4) is 0 Å². The largest absolute Gasteiger partial charge is 0.254 e. The van der Waals surface area contributed by atoms with E-state index in [1.54, 1.807) is 0 Å². The van der Waals surface area contributed by atoms with Crippen molar-refractivity contribution >= 4 is 0 Å². The molecule has 0 amide bonds. The maximum Gasteiger partial charge on any atom is 0.254 e. The Bertz CT molecular complexity index is 468. The topological polar surface area (TPSA) is 0 Å². The summed E-state index contributed by atoms with van der Waals surface area (Å²) >= 11 is 0. The van der Waals surface area contributed by atoms with Gasteiger partial charge in [-0.25, -0.2) is 8.78 Å². The van der Waals surface area contributed by atoms with Crippen molar-refractivity contribution in [2.24, 2.45) is 17.8 Å². The molecule has 22 heavy (non-hydrogen) atoms. The fraction of sp³-hybridized carbons (Fsp3) is 0.700. The monoisotopic (exact) mass is 308 g/mol. The third kappa shape index (κ3) is 3.07. The lowest BCUT2D eigenvalue weighted by atomic mass is 9.70. The first kappa shape index (κ1) is 17.4. The SMILES string of the molecule is CC.CCC(C)(CC1CCCC2C1C2(F)F)c1ccccc1. The molecule has 1 aromatic carbocycles. The van der Waals surface area contributed by atoms with Crippen molar-refractivity contribution in [3.05, 3.63) is 35.9 Å². The van der Waals surface area contributed by atoms with Gasteiger partial charge in [0.05, 0.1) is 0 Å². The van der Waals surface area contributed by atoms with Crippen LogP contribution in [0, 0.1) is 17.8 Å². The molecule has 0 heterocycles. The third-order valence-electron chi connectivity index (χ3n) is 5.82.